The summed E-state index contributed by atoms with van der Waals surface area (Å²) in [4.78, 5) is 102. The van der Waals surface area contributed by atoms with E-state index in [9.17, 15) is 42.0 Å². The number of carbonyl (C=O) groups excluding carboxylic acids is 6. The fourth-order valence-corrected chi connectivity index (χ4v) is 12.8. The van der Waals surface area contributed by atoms with Gasteiger partial charge in [0, 0.05) is 66.2 Å². The number of likely N-dealkylation sites (tertiary alicyclic amines) is 2. The molecule has 5 amide bonds. The van der Waals surface area contributed by atoms with Crippen LogP contribution in [0.15, 0.2) is 30.3 Å². The second-order valence-electron chi connectivity index (χ2n) is 23.4. The Kier molecular flexibility index (Phi) is 30.5. The van der Waals surface area contributed by atoms with Crippen LogP contribution in [0, 0.1) is 35.5 Å². The molecule has 1 aliphatic carbocycles. The number of Topliss-reactive ketones (excluding diaryl/α,β-unsaturated/α-hetero) is 1. The molecule has 2 aliphatic heterocycles. The van der Waals surface area contributed by atoms with Crippen LogP contribution in [-0.4, -0.2) is 223 Å². The summed E-state index contributed by atoms with van der Waals surface area (Å²) >= 11 is 0. The number of ketones is 1. The van der Waals surface area contributed by atoms with Gasteiger partial charge in [-0.2, -0.15) is 0 Å². The third kappa shape index (κ3) is 22.3. The molecular weight excluding hydrogens is 1090 g/mol. The van der Waals surface area contributed by atoms with Crippen LogP contribution in [0.2, 0.25) is 0 Å². The number of hydrogen-bond acceptors (Lipinski definition) is 16. The van der Waals surface area contributed by atoms with Crippen molar-refractivity contribution in [2.24, 2.45) is 35.5 Å². The molecule has 1 aromatic carbocycles. The van der Waals surface area contributed by atoms with Gasteiger partial charge >= 0.3 is 5.97 Å². The Morgan fingerprint density at radius 1 is 0.723 bits per heavy atom. The minimum absolute atomic E-state index is 0.0217. The van der Waals surface area contributed by atoms with Crippen LogP contribution in [0.25, 0.3) is 0 Å². The highest BCUT2D eigenvalue weighted by Gasteiger charge is 2.45. The van der Waals surface area contributed by atoms with Gasteiger partial charge < -0.3 is 53.5 Å². The lowest BCUT2D eigenvalue weighted by molar-refractivity contribution is -0.149. The van der Waals surface area contributed by atoms with Crippen LogP contribution in [0.4, 0.5) is 0 Å². The molecule has 0 spiro atoms. The van der Waals surface area contributed by atoms with Crippen molar-refractivity contribution < 1.29 is 75.5 Å². The fraction of sp³-hybridized carbons (Fsp3) is 0.783. The summed E-state index contributed by atoms with van der Waals surface area (Å²) in [5.41, 5.74) is 0.727. The summed E-state index contributed by atoms with van der Waals surface area (Å²) in [5, 5.41) is 11.3. The highest BCUT2D eigenvalue weighted by atomic mass is 32.2. The van der Waals surface area contributed by atoms with Gasteiger partial charge in [-0.1, -0.05) is 85.2 Å². The molecule has 0 unspecified atom stereocenters. The maximum absolute atomic E-state index is 14.8. The largest absolute Gasteiger partial charge is 0.481 e. The molecule has 83 heavy (non-hydrogen) atoms. The number of nitrogens with zero attached hydrogens (tertiary/aromatic N) is 4. The molecule has 23 heteroatoms. The van der Waals surface area contributed by atoms with Gasteiger partial charge in [0.2, 0.25) is 33.7 Å². The average Bonchev–Trinajstić information content (AvgIpc) is 4.23. The Bertz CT molecular complexity index is 2300. The van der Waals surface area contributed by atoms with E-state index < -0.39 is 81.3 Å². The van der Waals surface area contributed by atoms with E-state index in [0.717, 1.165) is 5.56 Å². The topological polar surface area (TPSA) is 266 Å². The van der Waals surface area contributed by atoms with E-state index in [1.807, 2.05) is 59.6 Å². The van der Waals surface area contributed by atoms with Crippen molar-refractivity contribution in [2.45, 2.75) is 161 Å². The summed E-state index contributed by atoms with van der Waals surface area (Å²) in [6.07, 6.45) is 2.50. The number of aliphatic carboxylic acids is 1. The number of carboxylic acid groups (broad SMARTS) is 1. The first-order chi connectivity index (χ1) is 39.5. The summed E-state index contributed by atoms with van der Waals surface area (Å²) < 4.78 is 62.5. The van der Waals surface area contributed by atoms with Crippen molar-refractivity contribution in [3.05, 3.63) is 35.9 Å². The Balaban J connectivity index is 1.26. The molecular formula is C60H100N6O16S. The maximum atomic E-state index is 14.8. The van der Waals surface area contributed by atoms with Crippen molar-refractivity contribution in [3.8, 4) is 0 Å². The number of piperidine rings is 1. The van der Waals surface area contributed by atoms with Crippen LogP contribution < -0.4 is 10.0 Å². The van der Waals surface area contributed by atoms with Crippen LogP contribution >= 0.6 is 0 Å². The molecule has 3 fully saturated rings. The minimum atomic E-state index is -3.89. The van der Waals surface area contributed by atoms with Gasteiger partial charge in [-0.05, 0) is 68.9 Å². The van der Waals surface area contributed by atoms with E-state index in [0.29, 0.717) is 117 Å². The van der Waals surface area contributed by atoms with Crippen LogP contribution in [0.1, 0.15) is 118 Å². The molecule has 4 rings (SSSR count). The van der Waals surface area contributed by atoms with Crippen molar-refractivity contribution in [2.75, 3.05) is 107 Å². The zero-order chi connectivity index (χ0) is 61.4. The molecule has 2 saturated heterocycles. The van der Waals surface area contributed by atoms with Gasteiger partial charge in [0.15, 0.2) is 5.78 Å². The first-order valence-electron chi connectivity index (χ1n) is 30.0. The second kappa shape index (κ2) is 35.7. The number of likely N-dealkylation sites (N-methyl/N-ethyl adjacent to an activating group) is 2. The van der Waals surface area contributed by atoms with E-state index in [1.54, 1.807) is 52.9 Å². The van der Waals surface area contributed by atoms with Crippen LogP contribution in [0.5, 0.6) is 0 Å². The van der Waals surface area contributed by atoms with Gasteiger partial charge in [-0.3, -0.25) is 43.2 Å². The molecule has 1 aromatic rings. The molecule has 1 saturated carbocycles. The van der Waals surface area contributed by atoms with E-state index in [-0.39, 0.29) is 79.5 Å². The number of carbonyl (C=O) groups is 7. The normalized spacial score (nSPS) is 19.0. The van der Waals surface area contributed by atoms with Gasteiger partial charge in [0.1, 0.15) is 6.04 Å². The molecule has 472 valence electrons. The molecule has 0 radical (unpaired) electrons. The molecule has 0 aromatic heterocycles. The number of benzene rings is 1. The van der Waals surface area contributed by atoms with Crippen LogP contribution in [-0.2, 0) is 78.4 Å². The minimum Gasteiger partial charge on any atom is -0.481 e. The molecule has 0 bridgehead atoms. The molecule has 9 atom stereocenters. The first-order valence-corrected chi connectivity index (χ1v) is 31.6. The number of sulfonamides is 1. The summed E-state index contributed by atoms with van der Waals surface area (Å²) in [7, 11) is 2.73. The maximum Gasteiger partial charge on any atom is 0.306 e. The number of ether oxygens (including phenoxy) is 6. The highest BCUT2D eigenvalue weighted by Crippen LogP contribution is 2.32. The summed E-state index contributed by atoms with van der Waals surface area (Å²) in [5.74, 6) is -4.92. The number of methoxy groups -OCH3 is 2. The summed E-state index contributed by atoms with van der Waals surface area (Å²) in [6, 6.07) is 6.29. The van der Waals surface area contributed by atoms with Crippen molar-refractivity contribution in [3.63, 3.8) is 0 Å². The zero-order valence-electron chi connectivity index (χ0n) is 51.4. The van der Waals surface area contributed by atoms with E-state index in [2.05, 4.69) is 10.0 Å². The predicted octanol–water partition coefficient (Wildman–Crippen LogP) is 4.21. The van der Waals surface area contributed by atoms with Crippen LogP contribution in [0.3, 0.4) is 0 Å². The summed E-state index contributed by atoms with van der Waals surface area (Å²) in [6.45, 7) is 18.1. The van der Waals surface area contributed by atoms with E-state index in [4.69, 9.17) is 33.5 Å². The monoisotopic (exact) mass is 1190 g/mol. The Hall–Kier alpha value is -4.62. The van der Waals surface area contributed by atoms with Gasteiger partial charge in [-0.25, -0.2) is 8.42 Å². The Morgan fingerprint density at radius 2 is 1.31 bits per heavy atom. The van der Waals surface area contributed by atoms with E-state index >= 15 is 0 Å². The van der Waals surface area contributed by atoms with Crippen molar-refractivity contribution in [1.82, 2.24) is 29.6 Å². The van der Waals surface area contributed by atoms with Gasteiger partial charge in [-0.15, -0.1) is 0 Å². The van der Waals surface area contributed by atoms with Crippen molar-refractivity contribution >= 4 is 51.3 Å². The number of nitrogens with one attached hydrogen (secondary N) is 2. The smallest absolute Gasteiger partial charge is 0.306 e. The SMILES string of the molecule is CC[C@H](C)[C@@H]([C@@H](CC(=O)N1CCC[C@H]1[C@H](OC)[C@@H](C)C(=O)N[C@@H](Cc1ccccc1)C(=O)NS(=O)(=O)C1CC1)OC)N(C)C(=O)[C@@H](CC(=O)[C@H](C(C)C)N(C)CCOCCOCCOCCOCCC(=O)N1CCC(C(=O)O)CC1)C(C)C. The molecule has 3 N–H and O–H groups in total. The lowest BCUT2D eigenvalue weighted by Gasteiger charge is -2.41. The average molecular weight is 1190 g/mol. The molecule has 2 heterocycles. The van der Waals surface area contributed by atoms with Crippen molar-refractivity contribution in [1.29, 1.82) is 0 Å². The third-order valence-corrected chi connectivity index (χ3v) is 18.6. The number of amides is 5. The standard InChI is InChI=1S/C60H100N6O16S/c1-12-42(6)55(51(77-10)39-53(69)66-25-16-19-49(66)56(78-11)43(7)57(70)61-48(37-44-17-14-13-15-18-44)58(71)62-83(75,76)46-20-21-46)64(9)59(72)47(40(2)3)38-50(67)54(41(4)5)63(8)28-30-80-32-34-82-36-35-81-33-31-79-29-24-52(68)65-26-22-45(23-27-65)60(73)74/h13-15,17-18,40-43,45-49,51,54-56H,12,16,19-39H2,1-11H3,(H,61,70)(H,62,71)(H,73,74)/t42-,43+,47-,48-,49-,51+,54-,55-,56+/m0/s1. The number of hydrogen-bond donors (Lipinski definition) is 3. The first kappa shape index (κ1) is 70.9. The lowest BCUT2D eigenvalue weighted by atomic mass is 9.83. The number of carboxylic acids is 1. The second-order valence-corrected chi connectivity index (χ2v) is 25.4. The third-order valence-electron chi connectivity index (χ3n) is 16.7. The quantitative estimate of drug-likeness (QED) is 0.0777. The van der Waals surface area contributed by atoms with E-state index in [1.165, 1.54) is 14.2 Å². The Morgan fingerprint density at radius 3 is 1.84 bits per heavy atom. The molecule has 3 aliphatic rings. The number of rotatable bonds is 40. The molecule has 22 nitrogen and oxygen atoms in total. The highest BCUT2D eigenvalue weighted by molar-refractivity contribution is 7.90. The predicted molar refractivity (Wildman–Crippen MR) is 312 cm³/mol. The lowest BCUT2D eigenvalue weighted by Crippen LogP contribution is -2.55. The van der Waals surface area contributed by atoms with Gasteiger partial charge in [0.25, 0.3) is 5.91 Å². The van der Waals surface area contributed by atoms with Gasteiger partial charge in [0.05, 0.1) is 113 Å². The zero-order valence-corrected chi connectivity index (χ0v) is 52.2. The Labute approximate surface area is 494 Å². The fourth-order valence-electron chi connectivity index (χ4n) is 11.5.